The third kappa shape index (κ3) is 4.35. The first-order valence-corrected chi connectivity index (χ1v) is 12.7. The third-order valence-electron chi connectivity index (χ3n) is 7.63. The van der Waals surface area contributed by atoms with Gasteiger partial charge >= 0.3 is 0 Å². The molecule has 0 spiro atoms. The summed E-state index contributed by atoms with van der Waals surface area (Å²) >= 11 is 13.6. The molecule has 3 aromatic carbocycles. The molecule has 172 valence electrons. The lowest BCUT2D eigenvalue weighted by atomic mass is 9.69. The molecule has 3 atom stereocenters. The second kappa shape index (κ2) is 9.43. The van der Waals surface area contributed by atoms with Gasteiger partial charge in [-0.2, -0.15) is 0 Å². The van der Waals surface area contributed by atoms with Crippen molar-refractivity contribution in [1.82, 2.24) is 9.80 Å². The molecule has 2 saturated heterocycles. The van der Waals surface area contributed by atoms with Crippen LogP contribution >= 0.6 is 23.2 Å². The van der Waals surface area contributed by atoms with Gasteiger partial charge in [-0.3, -0.25) is 4.90 Å². The average molecular weight is 479 g/mol. The van der Waals surface area contributed by atoms with E-state index in [0.717, 1.165) is 40.6 Å². The lowest BCUT2D eigenvalue weighted by Gasteiger charge is -2.51. The minimum absolute atomic E-state index is 0.0676. The fraction of sp³-hybridized carbons (Fsp3) is 0.379. The molecule has 0 amide bonds. The Kier molecular flexibility index (Phi) is 6.55. The first-order chi connectivity index (χ1) is 16.0. The first kappa shape index (κ1) is 22.9. The van der Waals surface area contributed by atoms with E-state index in [1.54, 1.807) is 0 Å². The predicted molar refractivity (Wildman–Crippen MR) is 139 cm³/mol. The van der Waals surface area contributed by atoms with Crippen molar-refractivity contribution in [3.8, 4) is 0 Å². The third-order valence-corrected chi connectivity index (χ3v) is 8.32. The normalized spacial score (nSPS) is 25.2. The number of fused-ring (bicyclic) bond motifs is 2. The number of halogens is 2. The Bertz CT molecular complexity index is 1040. The van der Waals surface area contributed by atoms with Gasteiger partial charge in [0.15, 0.2) is 0 Å². The molecule has 2 nitrogen and oxygen atoms in total. The van der Waals surface area contributed by atoms with E-state index in [1.807, 2.05) is 24.3 Å². The molecule has 0 aromatic heterocycles. The maximum atomic E-state index is 6.80. The van der Waals surface area contributed by atoms with Crippen LogP contribution in [0, 0.1) is 0 Å². The lowest BCUT2D eigenvalue weighted by Crippen LogP contribution is -2.54. The SMILES string of the molecule is CN(C)CC1(c2ccccc2)C[C@H]2CC[C@@H](C1)N2C(c1ccccc1Cl)c1ccccc1Cl. The number of rotatable bonds is 6. The highest BCUT2D eigenvalue weighted by Gasteiger charge is 2.51. The number of hydrogen-bond donors (Lipinski definition) is 0. The Morgan fingerprint density at radius 3 is 1.76 bits per heavy atom. The number of nitrogens with zero attached hydrogens (tertiary/aromatic N) is 2. The van der Waals surface area contributed by atoms with Crippen LogP contribution in [-0.2, 0) is 5.41 Å². The molecular formula is C29H32Cl2N2. The summed E-state index contributed by atoms with van der Waals surface area (Å²) in [5.74, 6) is 0. The van der Waals surface area contributed by atoms with Crippen molar-refractivity contribution in [1.29, 1.82) is 0 Å². The monoisotopic (exact) mass is 478 g/mol. The predicted octanol–water partition coefficient (Wildman–Crippen LogP) is 7.21. The molecule has 0 aliphatic carbocycles. The first-order valence-electron chi connectivity index (χ1n) is 11.9. The summed E-state index contributed by atoms with van der Waals surface area (Å²) in [5.41, 5.74) is 3.95. The summed E-state index contributed by atoms with van der Waals surface area (Å²) in [7, 11) is 4.41. The van der Waals surface area contributed by atoms with E-state index in [-0.39, 0.29) is 11.5 Å². The summed E-state index contributed by atoms with van der Waals surface area (Å²) in [6, 6.07) is 28.8. The zero-order valence-electron chi connectivity index (χ0n) is 19.4. The van der Waals surface area contributed by atoms with Gasteiger partial charge < -0.3 is 4.90 Å². The quantitative estimate of drug-likeness (QED) is 0.369. The van der Waals surface area contributed by atoms with E-state index in [4.69, 9.17) is 23.2 Å². The van der Waals surface area contributed by atoms with Crippen molar-refractivity contribution in [2.45, 2.75) is 49.2 Å². The summed E-state index contributed by atoms with van der Waals surface area (Å²) in [6.07, 6.45) is 4.74. The van der Waals surface area contributed by atoms with Gasteiger partial charge in [0.25, 0.3) is 0 Å². The van der Waals surface area contributed by atoms with Crippen molar-refractivity contribution in [2.24, 2.45) is 0 Å². The smallest absolute Gasteiger partial charge is 0.0636 e. The molecule has 4 heteroatoms. The molecule has 2 aliphatic heterocycles. The topological polar surface area (TPSA) is 6.48 Å². The van der Waals surface area contributed by atoms with Gasteiger partial charge in [-0.05, 0) is 68.6 Å². The summed E-state index contributed by atoms with van der Waals surface area (Å²) in [4.78, 5) is 5.11. The number of piperidine rings is 1. The molecule has 0 N–H and O–H groups in total. The van der Waals surface area contributed by atoms with Crippen LogP contribution in [0.4, 0.5) is 0 Å². The van der Waals surface area contributed by atoms with Gasteiger partial charge in [-0.1, -0.05) is 89.9 Å². The molecule has 2 fully saturated rings. The van der Waals surface area contributed by atoms with Crippen LogP contribution in [0.15, 0.2) is 78.9 Å². The maximum Gasteiger partial charge on any atom is 0.0636 e. The highest BCUT2D eigenvalue weighted by molar-refractivity contribution is 6.32. The largest absolute Gasteiger partial charge is 0.309 e. The molecule has 2 heterocycles. The molecule has 2 aliphatic rings. The van der Waals surface area contributed by atoms with Gasteiger partial charge in [0.1, 0.15) is 0 Å². The van der Waals surface area contributed by atoms with Crippen molar-refractivity contribution in [2.75, 3.05) is 20.6 Å². The van der Waals surface area contributed by atoms with Crippen molar-refractivity contribution >= 4 is 23.2 Å². The lowest BCUT2D eigenvalue weighted by molar-refractivity contribution is 0.0466. The van der Waals surface area contributed by atoms with Gasteiger partial charge in [-0.15, -0.1) is 0 Å². The highest BCUT2D eigenvalue weighted by Crippen LogP contribution is 2.52. The van der Waals surface area contributed by atoms with Crippen LogP contribution in [0.2, 0.25) is 10.0 Å². The highest BCUT2D eigenvalue weighted by atomic mass is 35.5. The number of hydrogen-bond acceptors (Lipinski definition) is 2. The minimum atomic E-state index is 0.0676. The molecule has 3 aromatic rings. The second-order valence-corrected chi connectivity index (χ2v) is 10.9. The zero-order chi connectivity index (χ0) is 23.0. The van der Waals surface area contributed by atoms with Gasteiger partial charge in [0.05, 0.1) is 6.04 Å². The van der Waals surface area contributed by atoms with E-state index >= 15 is 0 Å². The van der Waals surface area contributed by atoms with Crippen LogP contribution in [0.5, 0.6) is 0 Å². The number of likely N-dealkylation sites (N-methyl/N-ethyl adjacent to an activating group) is 1. The molecular weight excluding hydrogens is 447 g/mol. The Morgan fingerprint density at radius 2 is 1.27 bits per heavy atom. The van der Waals surface area contributed by atoms with Crippen LogP contribution in [0.1, 0.15) is 48.4 Å². The fourth-order valence-electron chi connectivity index (χ4n) is 6.54. The molecule has 5 rings (SSSR count). The van der Waals surface area contributed by atoms with Crippen LogP contribution in [0.3, 0.4) is 0 Å². The Morgan fingerprint density at radius 1 is 0.788 bits per heavy atom. The summed E-state index contributed by atoms with van der Waals surface area (Å²) < 4.78 is 0. The Hall–Kier alpha value is -1.84. The van der Waals surface area contributed by atoms with Crippen molar-refractivity contribution < 1.29 is 0 Å². The maximum absolute atomic E-state index is 6.80. The van der Waals surface area contributed by atoms with E-state index in [1.165, 1.54) is 18.4 Å². The van der Waals surface area contributed by atoms with Crippen LogP contribution in [0.25, 0.3) is 0 Å². The standard InChI is InChI=1S/C29H32Cl2N2/c1-32(2)20-29(21-10-4-3-5-11-21)18-22-16-17-23(19-29)33(22)28(24-12-6-8-14-26(24)30)25-13-7-9-15-27(25)31/h3-15,22-23,28H,16-20H2,1-2H3/t22-,23+,29?. The fourth-order valence-corrected chi connectivity index (χ4v) is 7.02. The van der Waals surface area contributed by atoms with Crippen molar-refractivity contribution in [3.63, 3.8) is 0 Å². The van der Waals surface area contributed by atoms with E-state index < -0.39 is 0 Å². The number of benzene rings is 3. The zero-order valence-corrected chi connectivity index (χ0v) is 20.9. The summed E-state index contributed by atoms with van der Waals surface area (Å²) in [5, 5.41) is 1.63. The van der Waals surface area contributed by atoms with E-state index in [2.05, 4.69) is 78.5 Å². The molecule has 1 unspecified atom stereocenters. The molecule has 2 bridgehead atoms. The second-order valence-electron chi connectivity index (χ2n) is 10.1. The molecule has 0 radical (unpaired) electrons. The van der Waals surface area contributed by atoms with Crippen LogP contribution in [-0.4, -0.2) is 42.5 Å². The van der Waals surface area contributed by atoms with E-state index in [0.29, 0.717) is 12.1 Å². The van der Waals surface area contributed by atoms with E-state index in [9.17, 15) is 0 Å². The Balaban J connectivity index is 1.58. The van der Waals surface area contributed by atoms with Crippen molar-refractivity contribution in [3.05, 3.63) is 106 Å². The van der Waals surface area contributed by atoms with Gasteiger partial charge in [0, 0.05) is 34.1 Å². The molecule has 0 saturated carbocycles. The minimum Gasteiger partial charge on any atom is -0.309 e. The summed E-state index contributed by atoms with van der Waals surface area (Å²) in [6.45, 7) is 1.07. The molecule has 33 heavy (non-hydrogen) atoms. The van der Waals surface area contributed by atoms with Crippen LogP contribution < -0.4 is 0 Å². The average Bonchev–Trinajstić information content (AvgIpc) is 3.07. The Labute approximate surface area is 208 Å². The van der Waals surface area contributed by atoms with Gasteiger partial charge in [-0.25, -0.2) is 0 Å². The van der Waals surface area contributed by atoms with Gasteiger partial charge in [0.2, 0.25) is 0 Å².